The Kier molecular flexibility index (Phi) is 6.40. The Balaban J connectivity index is 1.57. The van der Waals surface area contributed by atoms with Gasteiger partial charge in [0.2, 0.25) is 0 Å². The lowest BCUT2D eigenvalue weighted by Crippen LogP contribution is -2.38. The zero-order chi connectivity index (χ0) is 20.3. The van der Waals surface area contributed by atoms with E-state index >= 15 is 0 Å². The molecule has 2 heterocycles. The fourth-order valence-corrected chi connectivity index (χ4v) is 3.23. The lowest BCUT2D eigenvalue weighted by Gasteiger charge is -2.16. The van der Waals surface area contributed by atoms with Crippen LogP contribution in [-0.2, 0) is 11.3 Å². The summed E-state index contributed by atoms with van der Waals surface area (Å²) in [5, 5.41) is 20.8. The largest absolute Gasteiger partial charge is 0.497 e. The van der Waals surface area contributed by atoms with Gasteiger partial charge in [-0.2, -0.15) is 0 Å². The number of halogens is 1. The number of aromatic nitrogens is 2. The van der Waals surface area contributed by atoms with Crippen LogP contribution in [0.1, 0.15) is 6.42 Å². The van der Waals surface area contributed by atoms with Gasteiger partial charge >= 0.3 is 5.69 Å². The average Bonchev–Trinajstić information content (AvgIpc) is 2.93. The van der Waals surface area contributed by atoms with E-state index in [2.05, 4.69) is 4.98 Å². The van der Waals surface area contributed by atoms with Crippen molar-refractivity contribution in [2.45, 2.75) is 37.4 Å². The highest BCUT2D eigenvalue weighted by molar-refractivity contribution is 6.32. The van der Waals surface area contributed by atoms with Crippen LogP contribution >= 0.6 is 11.6 Å². The lowest BCUT2D eigenvalue weighted by atomic mass is 10.1. The third-order valence-electron chi connectivity index (χ3n) is 4.53. The summed E-state index contributed by atoms with van der Waals surface area (Å²) in [6.45, 7) is 0.196. The van der Waals surface area contributed by atoms with Crippen molar-refractivity contribution < 1.29 is 24.4 Å². The molecule has 0 spiro atoms. The number of nitrogens with one attached hydrogen (secondary N) is 1. The fraction of sp³-hybridized carbons (Fsp3) is 0.444. The van der Waals surface area contributed by atoms with Gasteiger partial charge in [-0.15, -0.1) is 0 Å². The van der Waals surface area contributed by atoms with Crippen molar-refractivity contribution >= 4 is 11.6 Å². The molecule has 10 heteroatoms. The molecule has 1 aliphatic heterocycles. The average molecular weight is 413 g/mol. The number of H-pyrrole nitrogens is 1. The smallest absolute Gasteiger partial charge is 0.328 e. The number of hydrogen-bond acceptors (Lipinski definition) is 7. The minimum Gasteiger partial charge on any atom is -0.497 e. The summed E-state index contributed by atoms with van der Waals surface area (Å²) >= 11 is 6.11. The van der Waals surface area contributed by atoms with Gasteiger partial charge in [-0.3, -0.25) is 14.3 Å². The van der Waals surface area contributed by atoms with Crippen LogP contribution < -0.4 is 20.7 Å². The van der Waals surface area contributed by atoms with Crippen LogP contribution in [0.15, 0.2) is 40.1 Å². The minimum absolute atomic E-state index is 0.00446. The van der Waals surface area contributed by atoms with E-state index < -0.39 is 35.7 Å². The summed E-state index contributed by atoms with van der Waals surface area (Å²) in [7, 11) is 1.54. The Hall–Kier alpha value is -2.33. The number of benzene rings is 1. The second-order valence-corrected chi connectivity index (χ2v) is 6.80. The third kappa shape index (κ3) is 4.56. The van der Waals surface area contributed by atoms with Crippen LogP contribution in [0.2, 0.25) is 5.02 Å². The standard InChI is InChI=1S/C18H21ClN2O7/c1-26-10-2-3-12(11(19)8-10)27-7-5-13-16(23)17(24)14(28-13)9-21-6-4-15(22)20-18(21)25/h2-4,6,8,13-14,16-17,23-24H,5,7,9H2,1H3,(H,20,22,25)/t13-,14-,16+,17-/m1/s1. The van der Waals surface area contributed by atoms with Gasteiger partial charge in [0.05, 0.1) is 31.4 Å². The predicted molar refractivity (Wildman–Crippen MR) is 100 cm³/mol. The maximum atomic E-state index is 11.8. The normalized spacial score (nSPS) is 24.3. The fourth-order valence-electron chi connectivity index (χ4n) is 3.01. The van der Waals surface area contributed by atoms with Crippen LogP contribution in [-0.4, -0.2) is 57.9 Å². The zero-order valence-electron chi connectivity index (χ0n) is 15.1. The summed E-state index contributed by atoms with van der Waals surface area (Å²) in [6, 6.07) is 6.21. The Labute approximate surface area is 165 Å². The molecule has 2 aromatic rings. The molecule has 0 amide bonds. The monoisotopic (exact) mass is 412 g/mol. The SMILES string of the molecule is COc1ccc(OCC[C@H]2O[C@H](Cn3ccc(=O)[nH]c3=O)[C@@H](O)[C@H]2O)c(Cl)c1. The van der Waals surface area contributed by atoms with E-state index in [1.165, 1.54) is 23.9 Å². The molecule has 1 saturated heterocycles. The second-order valence-electron chi connectivity index (χ2n) is 6.39. The van der Waals surface area contributed by atoms with E-state index in [4.69, 9.17) is 25.8 Å². The molecule has 0 aliphatic carbocycles. The molecule has 1 aliphatic rings. The molecule has 0 bridgehead atoms. The Bertz CT molecular complexity index is 929. The van der Waals surface area contributed by atoms with E-state index in [0.717, 1.165) is 0 Å². The van der Waals surface area contributed by atoms with Gasteiger partial charge < -0.3 is 24.4 Å². The van der Waals surface area contributed by atoms with E-state index in [0.29, 0.717) is 22.9 Å². The number of ether oxygens (including phenoxy) is 3. The first-order valence-electron chi connectivity index (χ1n) is 8.66. The summed E-state index contributed by atoms with van der Waals surface area (Å²) < 4.78 is 17.6. The number of aliphatic hydroxyl groups is 2. The summed E-state index contributed by atoms with van der Waals surface area (Å²) in [6.07, 6.45) is -2.15. The quantitative estimate of drug-likeness (QED) is 0.591. The Morgan fingerprint density at radius 1 is 1.21 bits per heavy atom. The van der Waals surface area contributed by atoms with Crippen molar-refractivity contribution in [3.05, 3.63) is 56.3 Å². The van der Waals surface area contributed by atoms with Crippen molar-refractivity contribution in [1.29, 1.82) is 0 Å². The molecule has 3 N–H and O–H groups in total. The van der Waals surface area contributed by atoms with E-state index in [1.54, 1.807) is 18.2 Å². The van der Waals surface area contributed by atoms with E-state index in [-0.39, 0.29) is 13.2 Å². The first-order valence-corrected chi connectivity index (χ1v) is 9.04. The number of rotatable bonds is 7. The molecule has 4 atom stereocenters. The molecule has 0 saturated carbocycles. The van der Waals surface area contributed by atoms with Gasteiger partial charge in [0, 0.05) is 24.8 Å². The summed E-state index contributed by atoms with van der Waals surface area (Å²) in [4.78, 5) is 25.0. The van der Waals surface area contributed by atoms with E-state index in [9.17, 15) is 19.8 Å². The van der Waals surface area contributed by atoms with Crippen LogP contribution in [0.3, 0.4) is 0 Å². The van der Waals surface area contributed by atoms with Crippen molar-refractivity contribution in [2.24, 2.45) is 0 Å². The van der Waals surface area contributed by atoms with Crippen LogP contribution in [0.5, 0.6) is 11.5 Å². The van der Waals surface area contributed by atoms with Crippen molar-refractivity contribution in [1.82, 2.24) is 9.55 Å². The number of nitrogens with zero attached hydrogens (tertiary/aromatic N) is 1. The van der Waals surface area contributed by atoms with Gasteiger partial charge in [-0.05, 0) is 12.1 Å². The van der Waals surface area contributed by atoms with Crippen molar-refractivity contribution in [2.75, 3.05) is 13.7 Å². The van der Waals surface area contributed by atoms with Gasteiger partial charge in [0.1, 0.15) is 29.8 Å². The molecule has 1 aromatic carbocycles. The lowest BCUT2D eigenvalue weighted by molar-refractivity contribution is -0.00939. The second kappa shape index (κ2) is 8.78. The minimum atomic E-state index is -1.17. The molecular weight excluding hydrogens is 392 g/mol. The predicted octanol–water partition coefficient (Wildman–Crippen LogP) is 0.157. The number of aromatic amines is 1. The summed E-state index contributed by atoms with van der Waals surface area (Å²) in [5.74, 6) is 1.07. The number of aliphatic hydroxyl groups excluding tert-OH is 2. The summed E-state index contributed by atoms with van der Waals surface area (Å²) in [5.41, 5.74) is -1.12. The molecule has 0 unspecified atom stereocenters. The van der Waals surface area contributed by atoms with E-state index in [1.807, 2.05) is 0 Å². The highest BCUT2D eigenvalue weighted by Crippen LogP contribution is 2.30. The first-order chi connectivity index (χ1) is 13.4. The van der Waals surface area contributed by atoms with Gasteiger partial charge in [0.15, 0.2) is 0 Å². The highest BCUT2D eigenvalue weighted by atomic mass is 35.5. The molecular formula is C18H21ClN2O7. The van der Waals surface area contributed by atoms with Gasteiger partial charge in [0.25, 0.3) is 5.56 Å². The molecule has 1 fully saturated rings. The topological polar surface area (TPSA) is 123 Å². The zero-order valence-corrected chi connectivity index (χ0v) is 15.8. The van der Waals surface area contributed by atoms with Gasteiger partial charge in [-0.25, -0.2) is 4.79 Å². The van der Waals surface area contributed by atoms with Crippen LogP contribution in [0, 0.1) is 0 Å². The van der Waals surface area contributed by atoms with Crippen molar-refractivity contribution in [3.8, 4) is 11.5 Å². The molecule has 9 nitrogen and oxygen atoms in total. The number of hydrogen-bond donors (Lipinski definition) is 3. The molecule has 152 valence electrons. The third-order valence-corrected chi connectivity index (χ3v) is 4.83. The molecule has 0 radical (unpaired) electrons. The maximum absolute atomic E-state index is 11.8. The first kappa shape index (κ1) is 20.4. The molecule has 1 aromatic heterocycles. The highest BCUT2D eigenvalue weighted by Gasteiger charge is 2.42. The van der Waals surface area contributed by atoms with Gasteiger partial charge in [-0.1, -0.05) is 11.6 Å². The number of methoxy groups -OCH3 is 1. The molecule has 28 heavy (non-hydrogen) atoms. The maximum Gasteiger partial charge on any atom is 0.328 e. The Morgan fingerprint density at radius 2 is 1.96 bits per heavy atom. The van der Waals surface area contributed by atoms with Crippen LogP contribution in [0.4, 0.5) is 0 Å². The van der Waals surface area contributed by atoms with Crippen LogP contribution in [0.25, 0.3) is 0 Å². The van der Waals surface area contributed by atoms with Crippen molar-refractivity contribution in [3.63, 3.8) is 0 Å². The molecule has 3 rings (SSSR count). The Morgan fingerprint density at radius 3 is 2.64 bits per heavy atom.